The second kappa shape index (κ2) is 4.21. The minimum Gasteiger partial charge on any atom is -0.347 e. The fraction of sp³-hybridized carbons (Fsp3) is 0.750. The standard InChI is InChI=1S/C8H16N2O2/c1-6(11)5-10-7(12)8(2,3)9-4/h9H,5H2,1-4H3,(H,10,12). The first-order valence-electron chi connectivity index (χ1n) is 3.87. The zero-order chi connectivity index (χ0) is 9.78. The van der Waals surface area contributed by atoms with Gasteiger partial charge in [0, 0.05) is 0 Å². The lowest BCUT2D eigenvalue weighted by Gasteiger charge is -2.22. The van der Waals surface area contributed by atoms with Crippen LogP contribution in [0.1, 0.15) is 20.8 Å². The predicted octanol–water partition coefficient (Wildman–Crippen LogP) is -0.310. The third kappa shape index (κ3) is 3.48. The van der Waals surface area contributed by atoms with E-state index in [1.165, 1.54) is 6.92 Å². The largest absolute Gasteiger partial charge is 0.347 e. The fourth-order valence-electron chi connectivity index (χ4n) is 0.539. The van der Waals surface area contributed by atoms with Crippen LogP contribution in [0.25, 0.3) is 0 Å². The number of carbonyl (C=O) groups excluding carboxylic acids is 2. The lowest BCUT2D eigenvalue weighted by Crippen LogP contribution is -2.51. The Morgan fingerprint density at radius 2 is 1.83 bits per heavy atom. The predicted molar refractivity (Wildman–Crippen MR) is 46.8 cm³/mol. The van der Waals surface area contributed by atoms with Crippen LogP contribution in [-0.4, -0.2) is 30.8 Å². The smallest absolute Gasteiger partial charge is 0.240 e. The summed E-state index contributed by atoms with van der Waals surface area (Å²) in [4.78, 5) is 21.8. The highest BCUT2D eigenvalue weighted by molar-refractivity contribution is 5.89. The van der Waals surface area contributed by atoms with E-state index >= 15 is 0 Å². The summed E-state index contributed by atoms with van der Waals surface area (Å²) < 4.78 is 0. The number of hydrogen-bond donors (Lipinski definition) is 2. The summed E-state index contributed by atoms with van der Waals surface area (Å²) in [6, 6.07) is 0. The Hall–Kier alpha value is -0.900. The van der Waals surface area contributed by atoms with Gasteiger partial charge in [-0.3, -0.25) is 9.59 Å². The molecule has 2 N–H and O–H groups in total. The van der Waals surface area contributed by atoms with Gasteiger partial charge in [-0.2, -0.15) is 0 Å². The molecular formula is C8H16N2O2. The fourth-order valence-corrected chi connectivity index (χ4v) is 0.539. The molecule has 0 bridgehead atoms. The molecule has 4 heteroatoms. The highest BCUT2D eigenvalue weighted by Gasteiger charge is 2.24. The van der Waals surface area contributed by atoms with Crippen molar-refractivity contribution in [1.29, 1.82) is 0 Å². The molecule has 0 aromatic rings. The molecule has 0 saturated heterocycles. The first kappa shape index (κ1) is 11.1. The van der Waals surface area contributed by atoms with Crippen LogP contribution in [0.3, 0.4) is 0 Å². The van der Waals surface area contributed by atoms with E-state index in [1.807, 2.05) is 0 Å². The van der Waals surface area contributed by atoms with E-state index in [-0.39, 0.29) is 18.2 Å². The van der Waals surface area contributed by atoms with Crippen LogP contribution in [0.5, 0.6) is 0 Å². The Morgan fingerprint density at radius 1 is 1.33 bits per heavy atom. The summed E-state index contributed by atoms with van der Waals surface area (Å²) in [5.41, 5.74) is -0.616. The van der Waals surface area contributed by atoms with Gasteiger partial charge in [0.05, 0.1) is 12.1 Å². The highest BCUT2D eigenvalue weighted by Crippen LogP contribution is 1.99. The van der Waals surface area contributed by atoms with Crippen LogP contribution < -0.4 is 10.6 Å². The van der Waals surface area contributed by atoms with Crippen molar-refractivity contribution in [2.45, 2.75) is 26.3 Å². The summed E-state index contributed by atoms with van der Waals surface area (Å²) in [5.74, 6) is -0.213. The molecule has 0 rings (SSSR count). The van der Waals surface area contributed by atoms with Crippen LogP contribution >= 0.6 is 0 Å². The van der Waals surface area contributed by atoms with E-state index < -0.39 is 5.54 Å². The Morgan fingerprint density at radius 3 is 2.17 bits per heavy atom. The van der Waals surface area contributed by atoms with E-state index in [4.69, 9.17) is 0 Å². The summed E-state index contributed by atoms with van der Waals surface area (Å²) in [6.45, 7) is 5.04. The van der Waals surface area contributed by atoms with Gasteiger partial charge in [-0.1, -0.05) is 0 Å². The van der Waals surface area contributed by atoms with Gasteiger partial charge in [0.2, 0.25) is 5.91 Å². The molecule has 0 aromatic carbocycles. The molecule has 0 aromatic heterocycles. The van der Waals surface area contributed by atoms with Crippen molar-refractivity contribution in [3.8, 4) is 0 Å². The molecule has 0 aliphatic heterocycles. The van der Waals surface area contributed by atoms with Crippen molar-refractivity contribution in [3.63, 3.8) is 0 Å². The maximum atomic E-state index is 11.3. The first-order chi connectivity index (χ1) is 5.40. The molecule has 0 aliphatic carbocycles. The summed E-state index contributed by atoms with van der Waals surface area (Å²) in [6.07, 6.45) is 0. The van der Waals surface area contributed by atoms with Crippen LogP contribution in [0.15, 0.2) is 0 Å². The van der Waals surface area contributed by atoms with Crippen molar-refractivity contribution in [2.24, 2.45) is 0 Å². The molecule has 0 radical (unpaired) electrons. The molecule has 70 valence electrons. The SMILES string of the molecule is CNC(C)(C)C(=O)NCC(C)=O. The van der Waals surface area contributed by atoms with Crippen molar-refractivity contribution < 1.29 is 9.59 Å². The van der Waals surface area contributed by atoms with E-state index in [1.54, 1.807) is 20.9 Å². The molecule has 0 aliphatic rings. The molecular weight excluding hydrogens is 156 g/mol. The number of carbonyl (C=O) groups is 2. The Kier molecular flexibility index (Phi) is 3.89. The lowest BCUT2D eigenvalue weighted by molar-refractivity contribution is -0.128. The summed E-state index contributed by atoms with van der Waals surface area (Å²) in [7, 11) is 1.70. The van der Waals surface area contributed by atoms with Gasteiger partial charge in [0.15, 0.2) is 0 Å². The van der Waals surface area contributed by atoms with Gasteiger partial charge in [-0.05, 0) is 27.8 Å². The zero-order valence-corrected chi connectivity index (χ0v) is 8.02. The number of hydrogen-bond acceptors (Lipinski definition) is 3. The molecule has 0 heterocycles. The molecule has 1 amide bonds. The molecule has 0 unspecified atom stereocenters. The maximum absolute atomic E-state index is 11.3. The average Bonchev–Trinajstić information content (AvgIpc) is 2.00. The lowest BCUT2D eigenvalue weighted by atomic mass is 10.1. The summed E-state index contributed by atoms with van der Waals surface area (Å²) in [5, 5.41) is 5.36. The minimum atomic E-state index is -0.616. The molecule has 0 spiro atoms. The van der Waals surface area contributed by atoms with Gasteiger partial charge in [0.25, 0.3) is 0 Å². The molecule has 12 heavy (non-hydrogen) atoms. The van der Waals surface area contributed by atoms with E-state index in [2.05, 4.69) is 10.6 Å². The first-order valence-corrected chi connectivity index (χ1v) is 3.87. The normalized spacial score (nSPS) is 11.0. The highest BCUT2D eigenvalue weighted by atomic mass is 16.2. The Balaban J connectivity index is 3.96. The average molecular weight is 172 g/mol. The van der Waals surface area contributed by atoms with Crippen LogP contribution in [0.4, 0.5) is 0 Å². The number of rotatable bonds is 4. The number of likely N-dealkylation sites (N-methyl/N-ethyl adjacent to an activating group) is 1. The monoisotopic (exact) mass is 172 g/mol. The second-order valence-corrected chi connectivity index (χ2v) is 3.26. The van der Waals surface area contributed by atoms with Crippen molar-refractivity contribution in [3.05, 3.63) is 0 Å². The third-order valence-corrected chi connectivity index (χ3v) is 1.69. The van der Waals surface area contributed by atoms with Crippen LogP contribution in [-0.2, 0) is 9.59 Å². The van der Waals surface area contributed by atoms with Crippen LogP contribution in [0.2, 0.25) is 0 Å². The van der Waals surface area contributed by atoms with E-state index in [0.29, 0.717) is 0 Å². The number of amides is 1. The summed E-state index contributed by atoms with van der Waals surface area (Å²) >= 11 is 0. The van der Waals surface area contributed by atoms with Crippen LogP contribution in [0, 0.1) is 0 Å². The quantitative estimate of drug-likeness (QED) is 0.611. The Labute approximate surface area is 72.7 Å². The zero-order valence-electron chi connectivity index (χ0n) is 8.02. The Bertz CT molecular complexity index is 187. The topological polar surface area (TPSA) is 58.2 Å². The van der Waals surface area contributed by atoms with Gasteiger partial charge >= 0.3 is 0 Å². The van der Waals surface area contributed by atoms with E-state index in [9.17, 15) is 9.59 Å². The van der Waals surface area contributed by atoms with Crippen molar-refractivity contribution >= 4 is 11.7 Å². The van der Waals surface area contributed by atoms with Gasteiger partial charge < -0.3 is 10.6 Å². The van der Waals surface area contributed by atoms with E-state index in [0.717, 1.165) is 0 Å². The number of nitrogens with one attached hydrogen (secondary N) is 2. The minimum absolute atomic E-state index is 0.0461. The van der Waals surface area contributed by atoms with Crippen molar-refractivity contribution in [1.82, 2.24) is 10.6 Å². The molecule has 4 nitrogen and oxygen atoms in total. The van der Waals surface area contributed by atoms with Crippen molar-refractivity contribution in [2.75, 3.05) is 13.6 Å². The molecule has 0 saturated carbocycles. The maximum Gasteiger partial charge on any atom is 0.240 e. The number of Topliss-reactive ketones (excluding diaryl/α,β-unsaturated/α-hetero) is 1. The van der Waals surface area contributed by atoms with Gasteiger partial charge in [-0.15, -0.1) is 0 Å². The van der Waals surface area contributed by atoms with Gasteiger partial charge in [0.1, 0.15) is 5.78 Å². The molecule has 0 fully saturated rings. The number of ketones is 1. The third-order valence-electron chi connectivity index (χ3n) is 1.69. The molecule has 0 atom stereocenters. The van der Waals surface area contributed by atoms with Gasteiger partial charge in [-0.25, -0.2) is 0 Å². The second-order valence-electron chi connectivity index (χ2n) is 3.26.